The second-order valence-corrected chi connectivity index (χ2v) is 6.66. The summed E-state index contributed by atoms with van der Waals surface area (Å²) in [6.07, 6.45) is -2.62. The fraction of sp³-hybridized carbons (Fsp3) is 0.364. The molecule has 1 aliphatic rings. The molecule has 0 radical (unpaired) electrons. The maximum atomic E-state index is 11.9. The molecule has 0 amide bonds. The lowest BCUT2D eigenvalue weighted by Gasteiger charge is -2.39. The molecule has 3 rings (SSSR count). The van der Waals surface area contributed by atoms with Crippen molar-refractivity contribution in [1.82, 2.24) is 0 Å². The third-order valence-corrected chi connectivity index (χ3v) is 4.71. The summed E-state index contributed by atoms with van der Waals surface area (Å²) in [5.41, 5.74) is 1.18. The fourth-order valence-electron chi connectivity index (χ4n) is 3.44. The number of benzene rings is 2. The van der Waals surface area contributed by atoms with Crippen LogP contribution < -0.4 is 18.9 Å². The van der Waals surface area contributed by atoms with Gasteiger partial charge in [0.15, 0.2) is 18.3 Å². The Morgan fingerprint density at radius 2 is 1.47 bits per heavy atom. The highest BCUT2D eigenvalue weighted by atomic mass is 16.6. The van der Waals surface area contributed by atoms with Gasteiger partial charge in [-0.15, -0.1) is 0 Å². The van der Waals surface area contributed by atoms with E-state index in [1.165, 1.54) is 28.1 Å². The zero-order valence-corrected chi connectivity index (χ0v) is 17.5. The SMILES string of the molecule is COc1ccc([C@H]2Oc3cc(OC)cc(OC)c3[C@H](OC(C)=O)[C@@H]2OC(C)=O)cc1. The highest BCUT2D eigenvalue weighted by Gasteiger charge is 2.46. The van der Waals surface area contributed by atoms with Gasteiger partial charge in [-0.3, -0.25) is 9.59 Å². The Bertz CT molecular complexity index is 921. The van der Waals surface area contributed by atoms with Crippen LogP contribution in [0.1, 0.15) is 37.2 Å². The van der Waals surface area contributed by atoms with Gasteiger partial charge in [0.05, 0.1) is 26.9 Å². The molecule has 1 heterocycles. The summed E-state index contributed by atoms with van der Waals surface area (Å²) < 4.78 is 33.4. The molecular formula is C22H24O8. The molecule has 1 aliphatic heterocycles. The Kier molecular flexibility index (Phi) is 6.34. The average Bonchev–Trinajstić information content (AvgIpc) is 2.73. The largest absolute Gasteiger partial charge is 0.497 e. The highest BCUT2D eigenvalue weighted by Crippen LogP contribution is 2.50. The van der Waals surface area contributed by atoms with Gasteiger partial charge in [0, 0.05) is 26.0 Å². The molecule has 3 atom stereocenters. The van der Waals surface area contributed by atoms with Crippen LogP contribution in [-0.2, 0) is 19.1 Å². The van der Waals surface area contributed by atoms with E-state index >= 15 is 0 Å². The van der Waals surface area contributed by atoms with Crippen molar-refractivity contribution < 1.29 is 38.0 Å². The van der Waals surface area contributed by atoms with Crippen molar-refractivity contribution >= 4 is 11.9 Å². The van der Waals surface area contributed by atoms with Gasteiger partial charge in [-0.1, -0.05) is 12.1 Å². The van der Waals surface area contributed by atoms with E-state index < -0.39 is 30.3 Å². The van der Waals surface area contributed by atoms with E-state index in [0.29, 0.717) is 34.1 Å². The van der Waals surface area contributed by atoms with Crippen molar-refractivity contribution in [3.63, 3.8) is 0 Å². The number of hydrogen-bond donors (Lipinski definition) is 0. The third-order valence-electron chi connectivity index (χ3n) is 4.71. The molecule has 0 aromatic heterocycles. The van der Waals surface area contributed by atoms with E-state index in [2.05, 4.69) is 0 Å². The molecule has 160 valence electrons. The molecule has 0 unspecified atom stereocenters. The first-order valence-electron chi connectivity index (χ1n) is 9.28. The Hall–Kier alpha value is -3.42. The molecule has 8 heteroatoms. The van der Waals surface area contributed by atoms with Gasteiger partial charge in [0.2, 0.25) is 0 Å². The Morgan fingerprint density at radius 1 is 0.833 bits per heavy atom. The van der Waals surface area contributed by atoms with Crippen LogP contribution in [0, 0.1) is 0 Å². The first-order chi connectivity index (χ1) is 14.4. The molecule has 30 heavy (non-hydrogen) atoms. The predicted molar refractivity (Wildman–Crippen MR) is 106 cm³/mol. The van der Waals surface area contributed by atoms with E-state index in [9.17, 15) is 9.59 Å². The molecule has 0 fully saturated rings. The number of carbonyl (C=O) groups is 2. The summed E-state index contributed by atoms with van der Waals surface area (Å²) in [7, 11) is 4.58. The van der Waals surface area contributed by atoms with Crippen LogP contribution in [0.25, 0.3) is 0 Å². The zero-order valence-electron chi connectivity index (χ0n) is 17.5. The number of ether oxygens (including phenoxy) is 6. The van der Waals surface area contributed by atoms with Crippen molar-refractivity contribution in [1.29, 1.82) is 0 Å². The Labute approximate surface area is 174 Å². The quantitative estimate of drug-likeness (QED) is 0.662. The van der Waals surface area contributed by atoms with Gasteiger partial charge in [0.25, 0.3) is 0 Å². The highest BCUT2D eigenvalue weighted by molar-refractivity contribution is 5.69. The van der Waals surface area contributed by atoms with Crippen LogP contribution >= 0.6 is 0 Å². The first-order valence-corrected chi connectivity index (χ1v) is 9.28. The Balaban J connectivity index is 2.17. The van der Waals surface area contributed by atoms with Crippen LogP contribution in [0.2, 0.25) is 0 Å². The summed E-state index contributed by atoms with van der Waals surface area (Å²) in [4.78, 5) is 23.8. The molecule has 0 saturated heterocycles. The van der Waals surface area contributed by atoms with Crippen molar-refractivity contribution in [2.24, 2.45) is 0 Å². The third kappa shape index (κ3) is 4.27. The van der Waals surface area contributed by atoms with Gasteiger partial charge in [-0.2, -0.15) is 0 Å². The number of carbonyl (C=O) groups excluding carboxylic acids is 2. The normalized spacial score (nSPS) is 19.7. The van der Waals surface area contributed by atoms with Gasteiger partial charge in [-0.25, -0.2) is 0 Å². The van der Waals surface area contributed by atoms with Crippen molar-refractivity contribution in [3.05, 3.63) is 47.5 Å². The van der Waals surface area contributed by atoms with E-state index in [1.807, 2.05) is 0 Å². The number of methoxy groups -OCH3 is 3. The zero-order chi connectivity index (χ0) is 21.8. The second-order valence-electron chi connectivity index (χ2n) is 6.66. The van der Waals surface area contributed by atoms with Gasteiger partial charge < -0.3 is 28.4 Å². The summed E-state index contributed by atoms with van der Waals surface area (Å²) in [5.74, 6) is 0.902. The lowest BCUT2D eigenvalue weighted by atomic mass is 9.91. The van der Waals surface area contributed by atoms with E-state index in [-0.39, 0.29) is 0 Å². The summed E-state index contributed by atoms with van der Waals surface area (Å²) >= 11 is 0. The topological polar surface area (TPSA) is 89.5 Å². The number of esters is 2. The molecule has 0 saturated carbocycles. The van der Waals surface area contributed by atoms with Gasteiger partial charge in [-0.05, 0) is 17.7 Å². The smallest absolute Gasteiger partial charge is 0.303 e. The lowest BCUT2D eigenvalue weighted by Crippen LogP contribution is -2.39. The maximum absolute atomic E-state index is 11.9. The standard InChI is InChI=1S/C22H24O8/c1-12(23)28-21-19-17(27-5)10-16(26-4)11-18(19)30-20(22(21)29-13(2)24)14-6-8-15(25-3)9-7-14/h6-11,20-22H,1-5H3/t20-,21+,22-/m1/s1. The molecule has 0 bridgehead atoms. The van der Waals surface area contributed by atoms with Gasteiger partial charge in [0.1, 0.15) is 23.0 Å². The first kappa shape index (κ1) is 21.3. The summed E-state index contributed by atoms with van der Waals surface area (Å²) in [6, 6.07) is 10.5. The van der Waals surface area contributed by atoms with Crippen LogP contribution in [-0.4, -0.2) is 39.4 Å². The molecule has 0 N–H and O–H groups in total. The minimum absolute atomic E-state index is 0.390. The molecule has 2 aromatic rings. The second kappa shape index (κ2) is 8.94. The monoisotopic (exact) mass is 416 g/mol. The molecular weight excluding hydrogens is 392 g/mol. The van der Waals surface area contributed by atoms with Crippen LogP contribution in [0.3, 0.4) is 0 Å². The van der Waals surface area contributed by atoms with Crippen molar-refractivity contribution in [2.75, 3.05) is 21.3 Å². The molecule has 2 aromatic carbocycles. The Morgan fingerprint density at radius 3 is 2.00 bits per heavy atom. The van der Waals surface area contributed by atoms with Crippen molar-refractivity contribution in [2.45, 2.75) is 32.2 Å². The summed E-state index contributed by atoms with van der Waals surface area (Å²) in [6.45, 7) is 2.58. The van der Waals surface area contributed by atoms with E-state index in [1.54, 1.807) is 43.5 Å². The minimum atomic E-state index is -0.942. The molecule has 0 spiro atoms. The average molecular weight is 416 g/mol. The van der Waals surface area contributed by atoms with Crippen LogP contribution in [0.5, 0.6) is 23.0 Å². The van der Waals surface area contributed by atoms with Crippen LogP contribution in [0.4, 0.5) is 0 Å². The molecule has 8 nitrogen and oxygen atoms in total. The summed E-state index contributed by atoms with van der Waals surface area (Å²) in [5, 5.41) is 0. The predicted octanol–water partition coefficient (Wildman–Crippen LogP) is 3.38. The minimum Gasteiger partial charge on any atom is -0.497 e. The fourth-order valence-corrected chi connectivity index (χ4v) is 3.44. The number of fused-ring (bicyclic) bond motifs is 1. The lowest BCUT2D eigenvalue weighted by molar-refractivity contribution is -0.178. The van der Waals surface area contributed by atoms with E-state index in [0.717, 1.165) is 0 Å². The maximum Gasteiger partial charge on any atom is 0.303 e. The van der Waals surface area contributed by atoms with Crippen molar-refractivity contribution in [3.8, 4) is 23.0 Å². The van der Waals surface area contributed by atoms with E-state index in [4.69, 9.17) is 28.4 Å². The van der Waals surface area contributed by atoms with Gasteiger partial charge >= 0.3 is 11.9 Å². The number of hydrogen-bond acceptors (Lipinski definition) is 8. The van der Waals surface area contributed by atoms with Crippen LogP contribution in [0.15, 0.2) is 36.4 Å². The molecule has 0 aliphatic carbocycles. The number of rotatable bonds is 6.